The third-order valence-corrected chi connectivity index (χ3v) is 2.57. The second-order valence-corrected chi connectivity index (χ2v) is 3.54. The maximum atomic E-state index is 11.1. The number of pyridine rings is 1. The SMILES string of the molecule is O=c1cc(O)c2c([nH]1)CCCCC2. The van der Waals surface area contributed by atoms with Crippen molar-refractivity contribution in [2.75, 3.05) is 0 Å². The Morgan fingerprint density at radius 3 is 2.85 bits per heavy atom. The van der Waals surface area contributed by atoms with Gasteiger partial charge in [-0.1, -0.05) is 6.42 Å². The summed E-state index contributed by atoms with van der Waals surface area (Å²) in [4.78, 5) is 13.9. The van der Waals surface area contributed by atoms with Crippen molar-refractivity contribution in [2.24, 2.45) is 0 Å². The van der Waals surface area contributed by atoms with Crippen LogP contribution in [0.4, 0.5) is 0 Å². The zero-order valence-corrected chi connectivity index (χ0v) is 7.47. The Hall–Kier alpha value is -1.25. The Morgan fingerprint density at radius 2 is 2.00 bits per heavy atom. The van der Waals surface area contributed by atoms with Gasteiger partial charge in [0.1, 0.15) is 5.75 Å². The molecule has 3 nitrogen and oxygen atoms in total. The lowest BCUT2D eigenvalue weighted by Gasteiger charge is -2.06. The number of fused-ring (bicyclic) bond motifs is 1. The minimum absolute atomic E-state index is 0.167. The molecule has 0 fully saturated rings. The smallest absolute Gasteiger partial charge is 0.251 e. The highest BCUT2D eigenvalue weighted by molar-refractivity contribution is 5.35. The van der Waals surface area contributed by atoms with Crippen molar-refractivity contribution in [3.05, 3.63) is 27.7 Å². The summed E-state index contributed by atoms with van der Waals surface area (Å²) in [5, 5.41) is 9.54. The molecule has 0 radical (unpaired) electrons. The molecule has 0 bridgehead atoms. The lowest BCUT2D eigenvalue weighted by molar-refractivity contribution is 0.464. The summed E-state index contributed by atoms with van der Waals surface area (Å²) in [5.41, 5.74) is 1.68. The maximum Gasteiger partial charge on any atom is 0.251 e. The fourth-order valence-electron chi connectivity index (χ4n) is 1.90. The van der Waals surface area contributed by atoms with E-state index >= 15 is 0 Å². The summed E-state index contributed by atoms with van der Waals surface area (Å²) < 4.78 is 0. The minimum Gasteiger partial charge on any atom is -0.507 e. The molecule has 3 heteroatoms. The first-order valence-electron chi connectivity index (χ1n) is 4.71. The van der Waals surface area contributed by atoms with Crippen LogP contribution >= 0.6 is 0 Å². The van der Waals surface area contributed by atoms with E-state index in [2.05, 4.69) is 4.98 Å². The van der Waals surface area contributed by atoms with Crippen LogP contribution in [0.25, 0.3) is 0 Å². The Labute approximate surface area is 76.4 Å². The molecule has 0 saturated carbocycles. The van der Waals surface area contributed by atoms with Crippen LogP contribution in [-0.4, -0.2) is 10.1 Å². The second-order valence-electron chi connectivity index (χ2n) is 3.54. The van der Waals surface area contributed by atoms with Crippen LogP contribution in [-0.2, 0) is 12.8 Å². The van der Waals surface area contributed by atoms with Gasteiger partial charge >= 0.3 is 0 Å². The van der Waals surface area contributed by atoms with Gasteiger partial charge in [0.25, 0.3) is 5.56 Å². The van der Waals surface area contributed by atoms with Crippen LogP contribution in [0.15, 0.2) is 10.9 Å². The number of nitrogens with one attached hydrogen (secondary N) is 1. The van der Waals surface area contributed by atoms with Gasteiger partial charge in [-0.05, 0) is 25.7 Å². The zero-order valence-electron chi connectivity index (χ0n) is 7.47. The Kier molecular flexibility index (Phi) is 2.08. The fourth-order valence-corrected chi connectivity index (χ4v) is 1.90. The van der Waals surface area contributed by atoms with Gasteiger partial charge in [-0.2, -0.15) is 0 Å². The molecule has 0 spiro atoms. The van der Waals surface area contributed by atoms with Gasteiger partial charge < -0.3 is 10.1 Å². The third-order valence-electron chi connectivity index (χ3n) is 2.57. The number of aromatic nitrogens is 1. The van der Waals surface area contributed by atoms with Crippen LogP contribution in [0.2, 0.25) is 0 Å². The van der Waals surface area contributed by atoms with Gasteiger partial charge in [0.15, 0.2) is 0 Å². The molecular weight excluding hydrogens is 166 g/mol. The monoisotopic (exact) mass is 179 g/mol. The van der Waals surface area contributed by atoms with Crippen LogP contribution in [0.5, 0.6) is 5.75 Å². The van der Waals surface area contributed by atoms with Gasteiger partial charge in [0, 0.05) is 17.3 Å². The summed E-state index contributed by atoms with van der Waals surface area (Å²) in [6.07, 6.45) is 5.16. The topological polar surface area (TPSA) is 53.1 Å². The zero-order chi connectivity index (χ0) is 9.26. The van der Waals surface area contributed by atoms with E-state index in [1.807, 2.05) is 0 Å². The molecule has 2 rings (SSSR count). The predicted octanol–water partition coefficient (Wildman–Crippen LogP) is 1.35. The largest absolute Gasteiger partial charge is 0.507 e. The van der Waals surface area contributed by atoms with Crippen molar-refractivity contribution < 1.29 is 5.11 Å². The van der Waals surface area contributed by atoms with E-state index in [9.17, 15) is 9.90 Å². The molecule has 2 N–H and O–H groups in total. The Morgan fingerprint density at radius 1 is 1.23 bits per heavy atom. The van der Waals surface area contributed by atoms with Gasteiger partial charge in [-0.25, -0.2) is 0 Å². The molecule has 1 heterocycles. The fraction of sp³-hybridized carbons (Fsp3) is 0.500. The highest BCUT2D eigenvalue weighted by Crippen LogP contribution is 2.24. The molecule has 1 aliphatic carbocycles. The van der Waals surface area contributed by atoms with Crippen molar-refractivity contribution in [3.63, 3.8) is 0 Å². The third kappa shape index (κ3) is 1.59. The number of rotatable bonds is 0. The van der Waals surface area contributed by atoms with Crippen molar-refractivity contribution in [1.29, 1.82) is 0 Å². The first kappa shape index (κ1) is 8.35. The second kappa shape index (κ2) is 3.24. The van der Waals surface area contributed by atoms with Crippen molar-refractivity contribution in [2.45, 2.75) is 32.1 Å². The van der Waals surface area contributed by atoms with E-state index in [0.717, 1.165) is 36.9 Å². The number of aryl methyl sites for hydroxylation is 1. The standard InChI is InChI=1S/C10H13NO2/c12-9-6-10(13)11-8-5-3-1-2-4-7(8)9/h6H,1-5H2,(H2,11,12,13). The molecule has 0 saturated heterocycles. The van der Waals surface area contributed by atoms with E-state index in [4.69, 9.17) is 0 Å². The quantitative estimate of drug-likeness (QED) is 0.591. The molecule has 13 heavy (non-hydrogen) atoms. The molecule has 0 amide bonds. The summed E-state index contributed by atoms with van der Waals surface area (Å²) in [6, 6.07) is 1.27. The number of hydrogen-bond donors (Lipinski definition) is 2. The van der Waals surface area contributed by atoms with Crippen LogP contribution in [0.3, 0.4) is 0 Å². The lowest BCUT2D eigenvalue weighted by atomic mass is 10.1. The maximum absolute atomic E-state index is 11.1. The van der Waals surface area contributed by atoms with Crippen molar-refractivity contribution in [1.82, 2.24) is 4.98 Å². The molecule has 70 valence electrons. The molecule has 0 aliphatic heterocycles. The lowest BCUT2D eigenvalue weighted by Crippen LogP contribution is -2.09. The molecule has 0 aromatic carbocycles. The van der Waals surface area contributed by atoms with E-state index in [0.29, 0.717) is 0 Å². The number of H-pyrrole nitrogens is 1. The highest BCUT2D eigenvalue weighted by Gasteiger charge is 2.12. The Bertz CT molecular complexity index is 368. The number of hydrogen-bond acceptors (Lipinski definition) is 2. The van der Waals surface area contributed by atoms with Gasteiger partial charge in [0.2, 0.25) is 0 Å². The van der Waals surface area contributed by atoms with E-state index in [1.54, 1.807) is 0 Å². The molecule has 0 unspecified atom stereocenters. The summed E-state index contributed by atoms with van der Waals surface area (Å²) in [7, 11) is 0. The van der Waals surface area contributed by atoms with Gasteiger partial charge in [0.05, 0.1) is 0 Å². The average molecular weight is 179 g/mol. The number of aromatic hydroxyl groups is 1. The molecule has 0 atom stereocenters. The average Bonchev–Trinajstić information content (AvgIpc) is 2.28. The normalized spacial score (nSPS) is 16.3. The van der Waals surface area contributed by atoms with Crippen molar-refractivity contribution in [3.8, 4) is 5.75 Å². The summed E-state index contributed by atoms with van der Waals surface area (Å²) >= 11 is 0. The van der Waals surface area contributed by atoms with Crippen LogP contribution < -0.4 is 5.56 Å². The van der Waals surface area contributed by atoms with Crippen LogP contribution in [0, 0.1) is 0 Å². The molecule has 1 aromatic rings. The predicted molar refractivity (Wildman–Crippen MR) is 50.0 cm³/mol. The van der Waals surface area contributed by atoms with Crippen LogP contribution in [0.1, 0.15) is 30.5 Å². The van der Waals surface area contributed by atoms with E-state index < -0.39 is 0 Å². The minimum atomic E-state index is -0.196. The molecule has 1 aromatic heterocycles. The molecule has 1 aliphatic rings. The Balaban J connectivity index is 2.53. The van der Waals surface area contributed by atoms with Crippen molar-refractivity contribution >= 4 is 0 Å². The van der Waals surface area contributed by atoms with Gasteiger partial charge in [-0.15, -0.1) is 0 Å². The summed E-state index contributed by atoms with van der Waals surface area (Å²) in [5.74, 6) is 0.167. The number of aromatic amines is 1. The molecular formula is C10H13NO2. The van der Waals surface area contributed by atoms with E-state index in [-0.39, 0.29) is 11.3 Å². The first-order chi connectivity index (χ1) is 6.27. The van der Waals surface area contributed by atoms with E-state index in [1.165, 1.54) is 12.5 Å². The van der Waals surface area contributed by atoms with Gasteiger partial charge in [-0.3, -0.25) is 4.79 Å². The highest BCUT2D eigenvalue weighted by atomic mass is 16.3. The first-order valence-corrected chi connectivity index (χ1v) is 4.71. The summed E-state index contributed by atoms with van der Waals surface area (Å²) in [6.45, 7) is 0.